The van der Waals surface area contributed by atoms with E-state index in [4.69, 9.17) is 4.42 Å². The summed E-state index contributed by atoms with van der Waals surface area (Å²) in [6.45, 7) is 11.0. The minimum absolute atomic E-state index is 0.115. The van der Waals surface area contributed by atoms with E-state index in [1.807, 2.05) is 50.9 Å². The summed E-state index contributed by atoms with van der Waals surface area (Å²) in [5.74, 6) is 1.42. The molecule has 1 aliphatic rings. The lowest BCUT2D eigenvalue weighted by atomic mass is 10.1. The smallest absolute Gasteiger partial charge is 0.295 e. The molecule has 0 spiro atoms. The van der Waals surface area contributed by atoms with E-state index < -0.39 is 0 Å². The largest absolute Gasteiger partial charge is 0.466 e. The van der Waals surface area contributed by atoms with Crippen molar-refractivity contribution in [1.82, 2.24) is 18.9 Å². The van der Waals surface area contributed by atoms with Crippen molar-refractivity contribution in [2.45, 2.75) is 60.0 Å². The molecule has 0 N–H and O–H groups in total. The number of likely N-dealkylation sites (tertiary alicyclic amines) is 1. The number of imidazole rings is 1. The number of hydrogen-bond donors (Lipinski definition) is 0. The van der Waals surface area contributed by atoms with Crippen molar-refractivity contribution in [2.24, 2.45) is 0 Å². The lowest BCUT2D eigenvalue weighted by molar-refractivity contribution is 0.0742. The number of amides is 1. The topological polar surface area (TPSA) is 72.8 Å². The van der Waals surface area contributed by atoms with Gasteiger partial charge in [-0.05, 0) is 53.5 Å². The summed E-state index contributed by atoms with van der Waals surface area (Å²) in [5.41, 5.74) is 3.07. The van der Waals surface area contributed by atoms with Crippen LogP contribution >= 0.6 is 0 Å². The van der Waals surface area contributed by atoms with Gasteiger partial charge in [0, 0.05) is 37.1 Å². The van der Waals surface area contributed by atoms with Crippen molar-refractivity contribution in [3.05, 3.63) is 57.7 Å². The summed E-state index contributed by atoms with van der Waals surface area (Å²) in [5, 5.41) is 0. The van der Waals surface area contributed by atoms with Gasteiger partial charge in [0.2, 0.25) is 5.65 Å². The van der Waals surface area contributed by atoms with E-state index in [2.05, 4.69) is 11.9 Å². The van der Waals surface area contributed by atoms with Crippen molar-refractivity contribution in [3.63, 3.8) is 0 Å². The van der Waals surface area contributed by atoms with E-state index in [1.165, 1.54) is 0 Å². The van der Waals surface area contributed by atoms with Crippen molar-refractivity contribution in [2.75, 3.05) is 6.54 Å². The summed E-state index contributed by atoms with van der Waals surface area (Å²) < 4.78 is 9.07. The molecular formula is C23H28N4O3. The van der Waals surface area contributed by atoms with Crippen LogP contribution in [-0.4, -0.2) is 37.3 Å². The molecule has 1 amide bonds. The van der Waals surface area contributed by atoms with Gasteiger partial charge in [-0.15, -0.1) is 0 Å². The molecule has 4 heterocycles. The van der Waals surface area contributed by atoms with Crippen molar-refractivity contribution >= 4 is 11.6 Å². The van der Waals surface area contributed by atoms with Crippen LogP contribution in [0.15, 0.2) is 39.3 Å². The van der Waals surface area contributed by atoms with Gasteiger partial charge >= 0.3 is 0 Å². The van der Waals surface area contributed by atoms with Gasteiger partial charge in [-0.1, -0.05) is 11.6 Å². The van der Waals surface area contributed by atoms with E-state index in [0.29, 0.717) is 12.2 Å². The summed E-state index contributed by atoms with van der Waals surface area (Å²) in [6, 6.07) is 2.13. The van der Waals surface area contributed by atoms with Crippen molar-refractivity contribution in [3.8, 4) is 11.3 Å². The van der Waals surface area contributed by atoms with Crippen molar-refractivity contribution in [1.29, 1.82) is 0 Å². The van der Waals surface area contributed by atoms with Crippen LogP contribution in [0.1, 0.15) is 55.6 Å². The second kappa shape index (κ2) is 7.63. The maximum Gasteiger partial charge on any atom is 0.295 e. The molecule has 0 aromatic carbocycles. The Morgan fingerprint density at radius 1 is 1.30 bits per heavy atom. The molecule has 7 heteroatoms. The zero-order valence-corrected chi connectivity index (χ0v) is 18.2. The van der Waals surface area contributed by atoms with E-state index in [-0.39, 0.29) is 23.2 Å². The first-order chi connectivity index (χ1) is 14.3. The first kappa shape index (κ1) is 20.2. The average molecular weight is 409 g/mol. The van der Waals surface area contributed by atoms with Crippen LogP contribution in [0.5, 0.6) is 0 Å². The maximum atomic E-state index is 13.4. The third-order valence-electron chi connectivity index (χ3n) is 5.75. The number of aromatic nitrogens is 3. The van der Waals surface area contributed by atoms with Gasteiger partial charge in [0.15, 0.2) is 0 Å². The fourth-order valence-corrected chi connectivity index (χ4v) is 4.12. The molecule has 3 aromatic heterocycles. The minimum Gasteiger partial charge on any atom is -0.466 e. The van der Waals surface area contributed by atoms with E-state index >= 15 is 0 Å². The van der Waals surface area contributed by atoms with Gasteiger partial charge in [0.05, 0.1) is 5.69 Å². The average Bonchev–Trinajstić information content (AvgIpc) is 3.38. The van der Waals surface area contributed by atoms with E-state index in [1.54, 1.807) is 15.2 Å². The highest BCUT2D eigenvalue weighted by Crippen LogP contribution is 2.27. The van der Waals surface area contributed by atoms with Gasteiger partial charge < -0.3 is 9.32 Å². The third kappa shape index (κ3) is 3.49. The molecule has 1 atom stereocenters. The van der Waals surface area contributed by atoms with Crippen LogP contribution in [0.3, 0.4) is 0 Å². The lowest BCUT2D eigenvalue weighted by Gasteiger charge is -2.19. The number of aryl methyl sites for hydroxylation is 2. The minimum atomic E-state index is -0.225. The maximum absolute atomic E-state index is 13.4. The molecule has 1 fully saturated rings. The van der Waals surface area contributed by atoms with Crippen LogP contribution in [0.4, 0.5) is 0 Å². The fraction of sp³-hybridized carbons (Fsp3) is 0.435. The molecule has 0 radical (unpaired) electrons. The molecule has 7 nitrogen and oxygen atoms in total. The number of rotatable bonds is 4. The Morgan fingerprint density at radius 3 is 2.67 bits per heavy atom. The molecule has 1 aliphatic heterocycles. The van der Waals surface area contributed by atoms with Crippen LogP contribution in [0, 0.1) is 13.8 Å². The third-order valence-corrected chi connectivity index (χ3v) is 5.75. The normalized spacial score (nSPS) is 16.4. The van der Waals surface area contributed by atoms with Crippen LogP contribution < -0.4 is 5.56 Å². The summed E-state index contributed by atoms with van der Waals surface area (Å²) in [4.78, 5) is 32.6. The molecule has 0 unspecified atom stereocenters. The quantitative estimate of drug-likeness (QED) is 0.613. The molecule has 0 bridgehead atoms. The van der Waals surface area contributed by atoms with E-state index in [9.17, 15) is 9.59 Å². The first-order valence-electron chi connectivity index (χ1n) is 10.4. The number of allylic oxidation sites excluding steroid dienone is 2. The summed E-state index contributed by atoms with van der Waals surface area (Å²) in [7, 11) is 0. The molecule has 4 rings (SSSR count). The fourth-order valence-electron chi connectivity index (χ4n) is 4.12. The molecule has 0 aliphatic carbocycles. The number of furan rings is 1. The van der Waals surface area contributed by atoms with Gasteiger partial charge in [0.25, 0.3) is 11.5 Å². The first-order valence-corrected chi connectivity index (χ1v) is 10.4. The second-order valence-corrected chi connectivity index (χ2v) is 8.39. The highest BCUT2D eigenvalue weighted by molar-refractivity contribution is 5.93. The zero-order valence-electron chi connectivity index (χ0n) is 18.2. The van der Waals surface area contributed by atoms with Crippen molar-refractivity contribution < 1.29 is 9.21 Å². The van der Waals surface area contributed by atoms with Crippen LogP contribution in [-0.2, 0) is 6.54 Å². The Kier molecular flexibility index (Phi) is 5.13. The van der Waals surface area contributed by atoms with E-state index in [0.717, 1.165) is 47.7 Å². The Labute approximate surface area is 175 Å². The highest BCUT2D eigenvalue weighted by atomic mass is 16.3. The lowest BCUT2D eigenvalue weighted by Crippen LogP contribution is -2.33. The van der Waals surface area contributed by atoms with Gasteiger partial charge in [0.1, 0.15) is 17.2 Å². The molecule has 158 valence electrons. The molecule has 30 heavy (non-hydrogen) atoms. The monoisotopic (exact) mass is 408 g/mol. The van der Waals surface area contributed by atoms with Crippen LogP contribution in [0.2, 0.25) is 0 Å². The Morgan fingerprint density at radius 2 is 2.07 bits per heavy atom. The number of hydrogen-bond acceptors (Lipinski definition) is 4. The molecular weight excluding hydrogens is 380 g/mol. The second-order valence-electron chi connectivity index (χ2n) is 8.39. The number of carbonyl (C=O) groups excluding carboxylic acids is 1. The predicted octanol–water partition coefficient (Wildman–Crippen LogP) is 3.96. The Hall–Kier alpha value is -3.09. The number of carbonyl (C=O) groups is 1. The molecule has 1 saturated heterocycles. The number of fused-ring (bicyclic) bond motifs is 1. The molecule has 0 saturated carbocycles. The number of nitrogens with zero attached hydrogens (tertiary/aromatic N) is 4. The molecule has 3 aromatic rings. The standard InChI is InChI=1S/C23H28N4O3/c1-14(2)8-10-27-20(18-11-16(4)30-17(18)5)13-25-12-19(24-21(25)23(27)29)22(28)26-9-6-7-15(26)3/h8,11-13,15H,6-7,9-10H2,1-5H3/t15-/m0/s1. The zero-order chi connectivity index (χ0) is 21.6. The Balaban J connectivity index is 1.88. The Bertz CT molecular complexity index is 1210. The van der Waals surface area contributed by atoms with Crippen LogP contribution in [0.25, 0.3) is 16.9 Å². The predicted molar refractivity (Wildman–Crippen MR) is 116 cm³/mol. The summed E-state index contributed by atoms with van der Waals surface area (Å²) in [6.07, 6.45) is 7.53. The summed E-state index contributed by atoms with van der Waals surface area (Å²) >= 11 is 0. The van der Waals surface area contributed by atoms with Gasteiger partial charge in [-0.3, -0.25) is 18.6 Å². The van der Waals surface area contributed by atoms with Gasteiger partial charge in [-0.2, -0.15) is 0 Å². The van der Waals surface area contributed by atoms with Gasteiger partial charge in [-0.25, -0.2) is 4.98 Å². The SMILES string of the molecule is CC(C)=CCn1c(-c2cc(C)oc2C)cn2cc(C(=O)N3CCC[C@@H]3C)nc2c1=O. The highest BCUT2D eigenvalue weighted by Gasteiger charge is 2.28.